The van der Waals surface area contributed by atoms with E-state index in [1.165, 1.54) is 0 Å². The van der Waals surface area contributed by atoms with E-state index in [2.05, 4.69) is 0 Å². The number of nitrogens with one attached hydrogen (secondary N) is 1. The lowest BCUT2D eigenvalue weighted by molar-refractivity contribution is -0.713. The van der Waals surface area contributed by atoms with E-state index in [0.29, 0.717) is 29.3 Å². The minimum absolute atomic E-state index is 0.245. The van der Waals surface area contributed by atoms with Crippen molar-refractivity contribution in [1.82, 2.24) is 0 Å². The molecular formula is C16H19N2O5+. The molecule has 1 aliphatic rings. The number of carbonyl (C=O) groups excluding carboxylic acids is 1. The second-order valence-electron chi connectivity index (χ2n) is 4.64. The van der Waals surface area contributed by atoms with E-state index in [1.54, 1.807) is 43.3 Å². The van der Waals surface area contributed by atoms with E-state index < -0.39 is 5.97 Å². The third-order valence-corrected chi connectivity index (χ3v) is 3.14. The Bertz CT molecular complexity index is 664. The Morgan fingerprint density at radius 2 is 2.17 bits per heavy atom. The topological polar surface area (TPSA) is 91.0 Å². The van der Waals surface area contributed by atoms with E-state index in [9.17, 15) is 10.0 Å². The average Bonchev–Trinajstić information content (AvgIpc) is 2.60. The summed E-state index contributed by atoms with van der Waals surface area (Å²) in [5, 5.41) is 19.6. The number of para-hydroxylation sites is 2. The SMILES string of the molecule is CCOC(=O)COC1=CC=CC/C1=[N+](/O)c1ccccc1NO. The van der Waals surface area contributed by atoms with Gasteiger partial charge in [0.25, 0.3) is 11.4 Å². The fourth-order valence-corrected chi connectivity index (χ4v) is 2.09. The number of hydrogen-bond donors (Lipinski definition) is 3. The second-order valence-corrected chi connectivity index (χ2v) is 4.64. The van der Waals surface area contributed by atoms with Gasteiger partial charge in [0.15, 0.2) is 12.4 Å². The summed E-state index contributed by atoms with van der Waals surface area (Å²) in [4.78, 5) is 11.4. The van der Waals surface area contributed by atoms with Crippen LogP contribution in [-0.4, -0.2) is 40.0 Å². The average molecular weight is 319 g/mol. The van der Waals surface area contributed by atoms with Gasteiger partial charge in [0.1, 0.15) is 5.69 Å². The number of ether oxygens (including phenoxy) is 2. The molecule has 7 heteroatoms. The van der Waals surface area contributed by atoms with Gasteiger partial charge in [-0.05, 0) is 19.1 Å². The zero-order valence-electron chi connectivity index (χ0n) is 12.7. The van der Waals surface area contributed by atoms with Crippen LogP contribution in [0.15, 0.2) is 48.3 Å². The maximum atomic E-state index is 11.4. The molecule has 2 rings (SSSR count). The molecule has 122 valence electrons. The molecule has 0 spiro atoms. The first-order valence-electron chi connectivity index (χ1n) is 7.17. The summed E-state index contributed by atoms with van der Waals surface area (Å²) < 4.78 is 11.2. The largest absolute Gasteiger partial charge is 0.475 e. The van der Waals surface area contributed by atoms with Crippen LogP contribution < -0.4 is 5.48 Å². The minimum Gasteiger partial charge on any atom is -0.475 e. The van der Waals surface area contributed by atoms with Gasteiger partial charge in [0.2, 0.25) is 0 Å². The Balaban J connectivity index is 2.26. The highest BCUT2D eigenvalue weighted by Gasteiger charge is 2.27. The summed E-state index contributed by atoms with van der Waals surface area (Å²) in [6, 6.07) is 6.68. The summed E-state index contributed by atoms with van der Waals surface area (Å²) in [6.45, 7) is 1.75. The van der Waals surface area contributed by atoms with Crippen LogP contribution in [-0.2, 0) is 14.3 Å². The molecule has 0 amide bonds. The zero-order valence-corrected chi connectivity index (χ0v) is 12.7. The molecule has 0 saturated heterocycles. The molecule has 23 heavy (non-hydrogen) atoms. The quantitative estimate of drug-likeness (QED) is 0.323. The molecular weight excluding hydrogens is 300 g/mol. The van der Waals surface area contributed by atoms with Crippen LogP contribution in [0.2, 0.25) is 0 Å². The van der Waals surface area contributed by atoms with E-state index in [4.69, 9.17) is 14.7 Å². The molecule has 1 aromatic carbocycles. The Morgan fingerprint density at radius 3 is 2.91 bits per heavy atom. The number of esters is 1. The molecule has 0 unspecified atom stereocenters. The van der Waals surface area contributed by atoms with Gasteiger partial charge < -0.3 is 9.47 Å². The van der Waals surface area contributed by atoms with E-state index in [1.807, 2.05) is 11.6 Å². The van der Waals surface area contributed by atoms with Crippen molar-refractivity contribution in [3.8, 4) is 0 Å². The molecule has 0 heterocycles. The molecule has 0 fully saturated rings. The fraction of sp³-hybridized carbons (Fsp3) is 0.250. The van der Waals surface area contributed by atoms with Crippen molar-refractivity contribution in [2.24, 2.45) is 0 Å². The summed E-state index contributed by atoms with van der Waals surface area (Å²) in [5.74, 6) is -0.125. The number of allylic oxidation sites excluding steroid dienone is 4. The highest BCUT2D eigenvalue weighted by Crippen LogP contribution is 2.24. The summed E-state index contributed by atoms with van der Waals surface area (Å²) in [6.07, 6.45) is 5.67. The Hall–Kier alpha value is -2.80. The first kappa shape index (κ1) is 16.6. The van der Waals surface area contributed by atoms with Crippen LogP contribution in [0.4, 0.5) is 11.4 Å². The van der Waals surface area contributed by atoms with Crippen molar-refractivity contribution in [3.05, 3.63) is 48.3 Å². The monoisotopic (exact) mass is 319 g/mol. The Kier molecular flexibility index (Phi) is 5.76. The van der Waals surface area contributed by atoms with Crippen molar-refractivity contribution in [3.63, 3.8) is 0 Å². The van der Waals surface area contributed by atoms with Crippen molar-refractivity contribution in [2.75, 3.05) is 18.7 Å². The highest BCUT2D eigenvalue weighted by atomic mass is 16.6. The van der Waals surface area contributed by atoms with Crippen molar-refractivity contribution >= 4 is 23.1 Å². The predicted molar refractivity (Wildman–Crippen MR) is 83.0 cm³/mol. The number of rotatable bonds is 6. The number of nitrogens with zero attached hydrogens (tertiary/aromatic N) is 1. The maximum Gasteiger partial charge on any atom is 0.344 e. The van der Waals surface area contributed by atoms with Gasteiger partial charge in [-0.1, -0.05) is 24.3 Å². The predicted octanol–water partition coefficient (Wildman–Crippen LogP) is 2.39. The van der Waals surface area contributed by atoms with E-state index >= 15 is 0 Å². The number of benzene rings is 1. The molecule has 0 atom stereocenters. The van der Waals surface area contributed by atoms with Crippen molar-refractivity contribution < 1.29 is 29.4 Å². The Morgan fingerprint density at radius 1 is 1.39 bits per heavy atom. The number of anilines is 1. The van der Waals surface area contributed by atoms with Gasteiger partial charge in [-0.25, -0.2) is 4.79 Å². The lowest BCUT2D eigenvalue weighted by Gasteiger charge is -2.11. The van der Waals surface area contributed by atoms with Crippen LogP contribution in [0.5, 0.6) is 0 Å². The zero-order chi connectivity index (χ0) is 16.7. The molecule has 1 aromatic rings. The van der Waals surface area contributed by atoms with Crippen LogP contribution in [0.1, 0.15) is 13.3 Å². The van der Waals surface area contributed by atoms with Gasteiger partial charge in [-0.15, -0.1) is 0 Å². The first-order chi connectivity index (χ1) is 11.2. The number of hydrogen-bond acceptors (Lipinski definition) is 6. The molecule has 0 aromatic heterocycles. The molecule has 3 N–H and O–H groups in total. The molecule has 7 nitrogen and oxygen atoms in total. The summed E-state index contributed by atoms with van der Waals surface area (Å²) >= 11 is 0. The van der Waals surface area contributed by atoms with Gasteiger partial charge in [-0.3, -0.25) is 15.9 Å². The lowest BCUT2D eigenvalue weighted by atomic mass is 10.1. The van der Waals surface area contributed by atoms with Gasteiger partial charge in [0.05, 0.1) is 13.0 Å². The van der Waals surface area contributed by atoms with Crippen LogP contribution in [0.25, 0.3) is 0 Å². The fourth-order valence-electron chi connectivity index (χ4n) is 2.09. The first-order valence-corrected chi connectivity index (χ1v) is 7.17. The van der Waals surface area contributed by atoms with E-state index in [0.717, 1.165) is 4.74 Å². The van der Waals surface area contributed by atoms with E-state index in [-0.39, 0.29) is 13.2 Å². The van der Waals surface area contributed by atoms with Crippen LogP contribution in [0, 0.1) is 0 Å². The van der Waals surface area contributed by atoms with Gasteiger partial charge in [0, 0.05) is 10.8 Å². The lowest BCUT2D eigenvalue weighted by Crippen LogP contribution is -2.22. The molecule has 1 aliphatic carbocycles. The second kappa shape index (κ2) is 8.00. The molecule has 0 radical (unpaired) electrons. The van der Waals surface area contributed by atoms with Crippen LogP contribution >= 0.6 is 0 Å². The molecule has 0 saturated carbocycles. The van der Waals surface area contributed by atoms with Gasteiger partial charge in [-0.2, -0.15) is 0 Å². The highest BCUT2D eigenvalue weighted by molar-refractivity contribution is 5.97. The third-order valence-electron chi connectivity index (χ3n) is 3.14. The third kappa shape index (κ3) is 4.10. The minimum atomic E-state index is -0.482. The van der Waals surface area contributed by atoms with Crippen molar-refractivity contribution in [1.29, 1.82) is 0 Å². The van der Waals surface area contributed by atoms with Gasteiger partial charge >= 0.3 is 5.97 Å². The summed E-state index contributed by atoms with van der Waals surface area (Å²) in [5.41, 5.74) is 3.16. The maximum absolute atomic E-state index is 11.4. The molecule has 0 aliphatic heterocycles. The number of carbonyl (C=O) groups is 1. The Labute approximate surface area is 133 Å². The van der Waals surface area contributed by atoms with Crippen molar-refractivity contribution in [2.45, 2.75) is 13.3 Å². The van der Waals surface area contributed by atoms with Crippen LogP contribution in [0.3, 0.4) is 0 Å². The smallest absolute Gasteiger partial charge is 0.344 e. The molecule has 0 bridgehead atoms. The normalized spacial score (nSPS) is 15.7. The summed E-state index contributed by atoms with van der Waals surface area (Å²) in [7, 11) is 0. The standard InChI is InChI=1S/C16H19N2O5/c1-2-22-16(19)11-23-15-10-6-5-9-14(15)18(21)13-8-4-3-7-12(13)17-20/h3-8,10,17,20-21H,2,9,11H2,1H3/q+1/b18-14-.